The van der Waals surface area contributed by atoms with E-state index in [1.807, 2.05) is 30.5 Å². The highest BCUT2D eigenvalue weighted by Gasteiger charge is 2.18. The monoisotopic (exact) mass is 957 g/mol. The van der Waals surface area contributed by atoms with E-state index in [1.165, 1.54) is 24.1 Å². The fourth-order valence-corrected chi connectivity index (χ4v) is 5.69. The first kappa shape index (κ1) is 65.8. The highest BCUT2D eigenvalue weighted by molar-refractivity contribution is 7.99. The summed E-state index contributed by atoms with van der Waals surface area (Å²) in [6.45, 7) is 21.8. The van der Waals surface area contributed by atoms with Crippen molar-refractivity contribution in [2.45, 2.75) is 87.1 Å². The molecule has 378 valence electrons. The number of halogens is 2. The van der Waals surface area contributed by atoms with Crippen LogP contribution in [0, 0.1) is 17.0 Å². The van der Waals surface area contributed by atoms with Crippen LogP contribution in [0.3, 0.4) is 0 Å². The molecule has 0 radical (unpaired) electrons. The van der Waals surface area contributed by atoms with E-state index in [2.05, 4.69) is 81.5 Å². The van der Waals surface area contributed by atoms with Gasteiger partial charge in [-0.3, -0.25) is 19.2 Å². The van der Waals surface area contributed by atoms with Crippen molar-refractivity contribution in [2.24, 2.45) is 22.6 Å². The lowest BCUT2D eigenvalue weighted by Gasteiger charge is -2.19. The lowest BCUT2D eigenvalue weighted by Crippen LogP contribution is -2.32. The Morgan fingerprint density at radius 2 is 1.32 bits per heavy atom. The summed E-state index contributed by atoms with van der Waals surface area (Å²) in [7, 11) is 0. The molecule has 3 amide bonds. The molecule has 0 aliphatic rings. The minimum absolute atomic E-state index is 0.00654. The number of primary amides is 1. The minimum atomic E-state index is -0.426. The third-order valence-electron chi connectivity index (χ3n) is 7.64. The number of carboxylic acid groups (broad SMARTS) is 1. The van der Waals surface area contributed by atoms with Crippen LogP contribution >= 0.6 is 11.8 Å². The number of nitrogens with zero attached hydrogens (tertiary/aromatic N) is 1. The van der Waals surface area contributed by atoms with Crippen LogP contribution < -0.4 is 27.8 Å². The number of hydrogen-bond donors (Lipinski definition) is 6. The fourth-order valence-electron chi connectivity index (χ4n) is 4.97. The van der Waals surface area contributed by atoms with Crippen molar-refractivity contribution in [3.8, 4) is 11.1 Å². The number of carbonyl (C=O) groups excluding carboxylic acids is 3. The van der Waals surface area contributed by atoms with E-state index in [0.29, 0.717) is 89.3 Å². The van der Waals surface area contributed by atoms with Gasteiger partial charge >= 0.3 is 0 Å². The summed E-state index contributed by atoms with van der Waals surface area (Å²) in [6, 6.07) is 15.7. The average molecular weight is 957 g/mol. The van der Waals surface area contributed by atoms with Gasteiger partial charge in [0.2, 0.25) is 18.2 Å². The number of carbonyl (C=O) groups is 4. The van der Waals surface area contributed by atoms with Gasteiger partial charge in [0.15, 0.2) is 0 Å². The van der Waals surface area contributed by atoms with E-state index in [0.717, 1.165) is 49.8 Å². The molecule has 15 nitrogen and oxygen atoms in total. The van der Waals surface area contributed by atoms with E-state index in [9.17, 15) is 18.4 Å². The number of nitrogens with one attached hydrogen (secondary N) is 2. The summed E-state index contributed by atoms with van der Waals surface area (Å²) >= 11 is 1.68. The molecule has 9 N–H and O–H groups in total. The van der Waals surface area contributed by atoms with Gasteiger partial charge in [0.1, 0.15) is 11.6 Å². The summed E-state index contributed by atoms with van der Waals surface area (Å²) < 4.78 is 51.1. The zero-order valence-corrected chi connectivity index (χ0v) is 41.4. The van der Waals surface area contributed by atoms with Crippen molar-refractivity contribution in [2.75, 3.05) is 90.5 Å². The molecule has 0 unspecified atom stereocenters. The van der Waals surface area contributed by atoms with E-state index < -0.39 is 11.6 Å². The van der Waals surface area contributed by atoms with Crippen LogP contribution in [0.15, 0.2) is 60.8 Å². The predicted octanol–water partition coefficient (Wildman–Crippen LogP) is 6.42. The summed E-state index contributed by atoms with van der Waals surface area (Å²) in [5, 5.41) is 12.3. The van der Waals surface area contributed by atoms with Crippen molar-refractivity contribution >= 4 is 36.5 Å². The Balaban J connectivity index is -0.000000863. The SMILES string of the molecule is CC(C)(C)Cc1cc(-c2cc(F)ccc2F)cn1Cc1ccccc1.CCC.CCCOCCOCCOCCOCCNC(=O)CN.CCCSCC(=O)NCCCN.NC=O.O=CO. The standard InChI is InChI=1S/C22H23F2N.C13H28N2O5.C8H18N2OS.C3H8.CH3NO.CH2O2/c1-22(2,3)13-19-11-17(20-12-18(23)9-10-21(20)24)15-25(19)14-16-7-5-4-6-8-16;1-2-4-17-6-8-19-10-11-20-9-7-18-5-3-15-13(16)12-14;1-2-6-12-7-8(11)10-5-3-4-9;1-3-2;2*2-1-3/h4-12,15H,13-14H2,1-3H3;2-12,14H2,1H3,(H,15,16);2-7,9H2,1H3,(H,10,11);3H2,1-2H3;1H,(H2,2,3);1H,(H,2,3). The van der Waals surface area contributed by atoms with Crippen LogP contribution in [-0.2, 0) is 51.1 Å². The lowest BCUT2D eigenvalue weighted by molar-refractivity contribution is -0.123. The molecule has 0 atom stereocenters. The number of amides is 3. The first-order valence-electron chi connectivity index (χ1n) is 22.4. The molecule has 18 heteroatoms. The molecule has 0 aliphatic carbocycles. The number of ether oxygens (including phenoxy) is 4. The lowest BCUT2D eigenvalue weighted by atomic mass is 9.90. The molecule has 2 aromatic carbocycles. The molecule has 3 rings (SSSR count). The van der Waals surface area contributed by atoms with Gasteiger partial charge in [-0.15, -0.1) is 0 Å². The van der Waals surface area contributed by atoms with Gasteiger partial charge in [-0.1, -0.05) is 85.2 Å². The van der Waals surface area contributed by atoms with Gasteiger partial charge in [-0.05, 0) is 73.2 Å². The Bertz CT molecular complexity index is 1580. The maximum Gasteiger partial charge on any atom is 0.290 e. The smallest absolute Gasteiger partial charge is 0.290 e. The van der Waals surface area contributed by atoms with Crippen LogP contribution in [0.2, 0.25) is 0 Å². The molecule has 0 fully saturated rings. The molecule has 0 saturated carbocycles. The fraction of sp³-hybridized carbons (Fsp3) is 0.583. The maximum absolute atomic E-state index is 14.2. The van der Waals surface area contributed by atoms with E-state index in [-0.39, 0.29) is 36.7 Å². The summed E-state index contributed by atoms with van der Waals surface area (Å²) in [5.74, 6) is 0.764. The Morgan fingerprint density at radius 1 is 0.788 bits per heavy atom. The number of hydrogen-bond acceptors (Lipinski definition) is 11. The topological polar surface area (TPSA) is 232 Å². The summed E-state index contributed by atoms with van der Waals surface area (Å²) in [4.78, 5) is 38.8. The quantitative estimate of drug-likeness (QED) is 0.0378. The normalized spacial score (nSPS) is 10.1. The number of rotatable bonds is 26. The van der Waals surface area contributed by atoms with Crippen molar-refractivity contribution < 1.29 is 52.0 Å². The first-order chi connectivity index (χ1) is 31.7. The van der Waals surface area contributed by atoms with Crippen molar-refractivity contribution in [3.05, 3.63) is 83.7 Å². The third-order valence-corrected chi connectivity index (χ3v) is 8.80. The highest BCUT2D eigenvalue weighted by atomic mass is 32.2. The molecular formula is C48H82F2N6O9S. The molecule has 1 heterocycles. The molecular weight excluding hydrogens is 875 g/mol. The van der Waals surface area contributed by atoms with Crippen LogP contribution in [0.5, 0.6) is 0 Å². The first-order valence-corrected chi connectivity index (χ1v) is 23.6. The highest BCUT2D eigenvalue weighted by Crippen LogP contribution is 2.30. The second-order valence-electron chi connectivity index (χ2n) is 15.2. The zero-order valence-electron chi connectivity index (χ0n) is 40.6. The molecule has 0 saturated heterocycles. The van der Waals surface area contributed by atoms with E-state index in [1.54, 1.807) is 11.8 Å². The average Bonchev–Trinajstić information content (AvgIpc) is 3.66. The Kier molecular flexibility index (Phi) is 47.0. The molecule has 0 aliphatic heterocycles. The Morgan fingerprint density at radius 3 is 1.82 bits per heavy atom. The summed E-state index contributed by atoms with van der Waals surface area (Å²) in [6.07, 6.45) is 7.30. The molecule has 1 aromatic heterocycles. The van der Waals surface area contributed by atoms with Gasteiger partial charge in [0, 0.05) is 49.3 Å². The van der Waals surface area contributed by atoms with Crippen molar-refractivity contribution in [3.63, 3.8) is 0 Å². The second kappa shape index (κ2) is 47.1. The van der Waals surface area contributed by atoms with Gasteiger partial charge in [0.05, 0.1) is 58.5 Å². The van der Waals surface area contributed by atoms with Crippen LogP contribution in [0.4, 0.5) is 8.78 Å². The van der Waals surface area contributed by atoms with E-state index >= 15 is 0 Å². The minimum Gasteiger partial charge on any atom is -0.483 e. The van der Waals surface area contributed by atoms with Gasteiger partial charge in [-0.2, -0.15) is 11.8 Å². The van der Waals surface area contributed by atoms with Gasteiger partial charge in [0.25, 0.3) is 6.47 Å². The molecule has 66 heavy (non-hydrogen) atoms. The second-order valence-corrected chi connectivity index (χ2v) is 16.3. The Hall–Kier alpha value is -4.43. The number of thioether (sulfide) groups is 1. The van der Waals surface area contributed by atoms with Crippen LogP contribution in [0.1, 0.15) is 85.4 Å². The third kappa shape index (κ3) is 42.2. The number of benzene rings is 2. The van der Waals surface area contributed by atoms with Gasteiger partial charge in [-0.25, -0.2) is 8.78 Å². The number of nitrogens with two attached hydrogens (primary N) is 3. The molecule has 0 spiro atoms. The maximum atomic E-state index is 14.2. The largest absolute Gasteiger partial charge is 0.483 e. The van der Waals surface area contributed by atoms with E-state index in [4.69, 9.17) is 45.1 Å². The number of aromatic nitrogens is 1. The van der Waals surface area contributed by atoms with Gasteiger partial charge < -0.3 is 56.5 Å². The van der Waals surface area contributed by atoms with Crippen LogP contribution in [-0.4, -0.2) is 125 Å². The summed E-state index contributed by atoms with van der Waals surface area (Å²) in [5.41, 5.74) is 18.0. The van der Waals surface area contributed by atoms with Crippen LogP contribution in [0.25, 0.3) is 11.1 Å². The molecule has 0 bridgehead atoms. The Labute approximate surface area is 397 Å². The van der Waals surface area contributed by atoms with Crippen molar-refractivity contribution in [1.29, 1.82) is 0 Å². The molecule has 3 aromatic rings. The predicted molar refractivity (Wildman–Crippen MR) is 263 cm³/mol. The van der Waals surface area contributed by atoms with Crippen molar-refractivity contribution in [1.82, 2.24) is 15.2 Å². The zero-order chi connectivity index (χ0) is 50.3.